The van der Waals surface area contributed by atoms with Crippen LogP contribution in [0.25, 0.3) is 0 Å². The summed E-state index contributed by atoms with van der Waals surface area (Å²) in [6, 6.07) is 3.55. The van der Waals surface area contributed by atoms with Crippen molar-refractivity contribution >= 4 is 46.2 Å². The molecule has 0 aromatic heterocycles. The van der Waals surface area contributed by atoms with Crippen LogP contribution in [0.15, 0.2) is 18.2 Å². The highest BCUT2D eigenvalue weighted by Gasteiger charge is 2.20. The Bertz CT molecular complexity index is 481. The molecule has 19 heavy (non-hydrogen) atoms. The van der Waals surface area contributed by atoms with Crippen molar-refractivity contribution in [2.45, 2.75) is 12.5 Å². The Hall–Kier alpha value is -0.960. The van der Waals surface area contributed by atoms with Crippen LogP contribution in [0.5, 0.6) is 5.75 Å². The molecule has 0 radical (unpaired) electrons. The van der Waals surface area contributed by atoms with E-state index in [9.17, 15) is 14.7 Å². The maximum atomic E-state index is 11.9. The third kappa shape index (κ3) is 4.90. The zero-order valence-corrected chi connectivity index (χ0v) is 13.2. The molecule has 1 aromatic carbocycles. The lowest BCUT2D eigenvalue weighted by atomic mass is 10.1. The highest BCUT2D eigenvalue weighted by Crippen LogP contribution is 2.20. The third-order valence-electron chi connectivity index (χ3n) is 2.42. The summed E-state index contributed by atoms with van der Waals surface area (Å²) in [6.45, 7) is 0. The molecule has 1 atom stereocenters. The normalized spacial score (nSPS) is 11.9. The second-order valence-corrected chi connectivity index (χ2v) is 5.96. The number of rotatable bonds is 6. The van der Waals surface area contributed by atoms with Gasteiger partial charge in [0.2, 0.25) is 0 Å². The van der Waals surface area contributed by atoms with Crippen LogP contribution in [0, 0.1) is 3.57 Å². The minimum Gasteiger partial charge on any atom is -0.507 e. The number of carboxylic acids is 1. The molecule has 3 N–H and O–H groups in total. The molecule has 104 valence electrons. The number of carbonyl (C=O) groups is 2. The molecule has 0 spiro atoms. The van der Waals surface area contributed by atoms with Crippen LogP contribution in [0.3, 0.4) is 0 Å². The summed E-state index contributed by atoms with van der Waals surface area (Å²) in [5, 5.41) is 21.0. The molecule has 1 aromatic rings. The first-order valence-corrected chi connectivity index (χ1v) is 7.94. The lowest BCUT2D eigenvalue weighted by Crippen LogP contribution is -2.41. The summed E-state index contributed by atoms with van der Waals surface area (Å²) in [7, 11) is 0. The summed E-state index contributed by atoms with van der Waals surface area (Å²) >= 11 is 3.46. The zero-order chi connectivity index (χ0) is 14.4. The molecule has 0 fully saturated rings. The maximum absolute atomic E-state index is 11.9. The molecular weight excluding hydrogens is 381 g/mol. The van der Waals surface area contributed by atoms with Gasteiger partial charge >= 0.3 is 5.97 Å². The van der Waals surface area contributed by atoms with Crippen LogP contribution in [-0.2, 0) is 4.79 Å². The minimum absolute atomic E-state index is 0.00392. The first-order chi connectivity index (χ1) is 8.95. The molecule has 0 heterocycles. The van der Waals surface area contributed by atoms with Gasteiger partial charge in [-0.05, 0) is 59.2 Å². The summed E-state index contributed by atoms with van der Waals surface area (Å²) in [4.78, 5) is 22.9. The molecule has 0 saturated carbocycles. The number of hydrogen-bond acceptors (Lipinski definition) is 4. The van der Waals surface area contributed by atoms with Crippen LogP contribution < -0.4 is 5.32 Å². The number of phenols is 1. The topological polar surface area (TPSA) is 86.6 Å². The molecule has 0 bridgehead atoms. The molecule has 1 amide bonds. The van der Waals surface area contributed by atoms with Gasteiger partial charge in [0.25, 0.3) is 5.91 Å². The molecular formula is C12H14INO4S. The number of thioether (sulfide) groups is 1. The van der Waals surface area contributed by atoms with E-state index in [4.69, 9.17) is 5.11 Å². The van der Waals surface area contributed by atoms with E-state index in [1.54, 1.807) is 12.1 Å². The summed E-state index contributed by atoms with van der Waals surface area (Å²) < 4.78 is 0.631. The van der Waals surface area contributed by atoms with E-state index in [-0.39, 0.29) is 11.3 Å². The van der Waals surface area contributed by atoms with Crippen molar-refractivity contribution in [2.75, 3.05) is 12.0 Å². The first-order valence-electron chi connectivity index (χ1n) is 5.46. The SMILES string of the molecule is CSCC[C@H](NC(=O)c1ccc(I)c(O)c1)C(=O)O. The number of aliphatic carboxylic acids is 1. The number of nitrogens with one attached hydrogen (secondary N) is 1. The summed E-state index contributed by atoms with van der Waals surface area (Å²) in [5.74, 6) is -0.906. The van der Waals surface area contributed by atoms with Gasteiger partial charge in [-0.25, -0.2) is 4.79 Å². The van der Waals surface area contributed by atoms with Crippen LogP contribution >= 0.6 is 34.4 Å². The Balaban J connectivity index is 2.75. The fourth-order valence-corrected chi connectivity index (χ4v) is 2.20. The van der Waals surface area contributed by atoms with E-state index in [2.05, 4.69) is 5.32 Å². The van der Waals surface area contributed by atoms with Gasteiger partial charge in [-0.15, -0.1) is 0 Å². The molecule has 0 unspecified atom stereocenters. The minimum atomic E-state index is -1.06. The summed E-state index contributed by atoms with van der Waals surface area (Å²) in [5.41, 5.74) is 0.244. The Labute approximate surface area is 128 Å². The van der Waals surface area contributed by atoms with Gasteiger partial charge in [0.1, 0.15) is 11.8 Å². The Morgan fingerprint density at radius 3 is 2.68 bits per heavy atom. The van der Waals surface area contributed by atoms with Gasteiger partial charge in [-0.3, -0.25) is 4.79 Å². The predicted octanol–water partition coefficient (Wildman–Crippen LogP) is 1.93. The largest absolute Gasteiger partial charge is 0.507 e. The fourth-order valence-electron chi connectivity index (χ4n) is 1.39. The fraction of sp³-hybridized carbons (Fsp3) is 0.333. The Morgan fingerprint density at radius 1 is 1.47 bits per heavy atom. The second kappa shape index (κ2) is 7.59. The molecule has 1 rings (SSSR count). The van der Waals surface area contributed by atoms with Gasteiger partial charge in [-0.2, -0.15) is 11.8 Å². The van der Waals surface area contributed by atoms with Gasteiger partial charge in [0.05, 0.1) is 3.57 Å². The molecule has 0 aliphatic carbocycles. The standard InChI is InChI=1S/C12H14INO4S/c1-19-5-4-9(12(17)18)14-11(16)7-2-3-8(13)10(15)6-7/h2-3,6,9,15H,4-5H2,1H3,(H,14,16)(H,17,18)/t9-/m0/s1. The number of hydrogen-bond donors (Lipinski definition) is 3. The maximum Gasteiger partial charge on any atom is 0.326 e. The lowest BCUT2D eigenvalue weighted by molar-refractivity contribution is -0.139. The van der Waals surface area contributed by atoms with Crippen LogP contribution in [0.2, 0.25) is 0 Å². The van der Waals surface area contributed by atoms with Crippen molar-refractivity contribution in [3.63, 3.8) is 0 Å². The van der Waals surface area contributed by atoms with Crippen LogP contribution in [0.1, 0.15) is 16.8 Å². The molecule has 0 aliphatic rings. The van der Waals surface area contributed by atoms with Crippen molar-refractivity contribution in [1.82, 2.24) is 5.32 Å². The highest BCUT2D eigenvalue weighted by atomic mass is 127. The number of amides is 1. The molecule has 0 saturated heterocycles. The van der Waals surface area contributed by atoms with Crippen molar-refractivity contribution in [3.8, 4) is 5.75 Å². The monoisotopic (exact) mass is 395 g/mol. The van der Waals surface area contributed by atoms with E-state index in [0.29, 0.717) is 15.7 Å². The third-order valence-corrected chi connectivity index (χ3v) is 3.98. The van der Waals surface area contributed by atoms with Gasteiger partial charge in [0.15, 0.2) is 0 Å². The smallest absolute Gasteiger partial charge is 0.326 e. The number of aromatic hydroxyl groups is 1. The van der Waals surface area contributed by atoms with E-state index in [1.165, 1.54) is 17.8 Å². The van der Waals surface area contributed by atoms with Gasteiger partial charge < -0.3 is 15.5 Å². The van der Waals surface area contributed by atoms with E-state index < -0.39 is 17.9 Å². The number of benzene rings is 1. The first kappa shape index (κ1) is 16.1. The number of carbonyl (C=O) groups excluding carboxylic acids is 1. The van der Waals surface area contributed by atoms with Crippen molar-refractivity contribution in [3.05, 3.63) is 27.3 Å². The van der Waals surface area contributed by atoms with E-state index >= 15 is 0 Å². The predicted molar refractivity (Wildman–Crippen MR) is 82.7 cm³/mol. The van der Waals surface area contributed by atoms with Crippen LogP contribution in [0.4, 0.5) is 0 Å². The van der Waals surface area contributed by atoms with Gasteiger partial charge in [-0.1, -0.05) is 0 Å². The zero-order valence-electron chi connectivity index (χ0n) is 10.2. The lowest BCUT2D eigenvalue weighted by Gasteiger charge is -2.14. The van der Waals surface area contributed by atoms with E-state index in [0.717, 1.165) is 0 Å². The summed E-state index contributed by atoms with van der Waals surface area (Å²) in [6.07, 6.45) is 2.23. The second-order valence-electron chi connectivity index (χ2n) is 3.81. The number of carboxylic acid groups (broad SMARTS) is 1. The van der Waals surface area contributed by atoms with Crippen molar-refractivity contribution < 1.29 is 19.8 Å². The molecule has 7 heteroatoms. The number of phenolic OH excluding ortho intramolecular Hbond substituents is 1. The van der Waals surface area contributed by atoms with Gasteiger partial charge in [0, 0.05) is 5.56 Å². The van der Waals surface area contributed by atoms with Crippen LogP contribution in [-0.4, -0.2) is 40.1 Å². The van der Waals surface area contributed by atoms with Crippen molar-refractivity contribution in [2.24, 2.45) is 0 Å². The Kier molecular flexibility index (Phi) is 6.43. The highest BCUT2D eigenvalue weighted by molar-refractivity contribution is 14.1. The van der Waals surface area contributed by atoms with Crippen molar-refractivity contribution in [1.29, 1.82) is 0 Å². The number of halogens is 1. The van der Waals surface area contributed by atoms with E-state index in [1.807, 2.05) is 28.8 Å². The molecule has 0 aliphatic heterocycles. The quantitative estimate of drug-likeness (QED) is 0.641. The average Bonchev–Trinajstić information content (AvgIpc) is 2.37. The molecule has 5 nitrogen and oxygen atoms in total. The average molecular weight is 395 g/mol. The Morgan fingerprint density at radius 2 is 2.16 bits per heavy atom.